The number of carboxylic acid groups (broad SMARTS) is 1. The highest BCUT2D eigenvalue weighted by atomic mass is 16.5. The van der Waals surface area contributed by atoms with Crippen LogP contribution >= 0.6 is 0 Å². The summed E-state index contributed by atoms with van der Waals surface area (Å²) in [5.74, 6) is -0.786. The second-order valence-electron chi connectivity index (χ2n) is 7.00. The standard InChI is InChI=1S/C19H24N2O4/c1-19(8-4-3-5-15(19)18(23)24)21-17(22)9-12-11-20-16-7-6-13(25-2)10-14(12)16/h6-7,10-11,15,20H,3-5,8-9H2,1-2H3,(H,21,22)(H,23,24). The van der Waals surface area contributed by atoms with Gasteiger partial charge in [0, 0.05) is 17.1 Å². The van der Waals surface area contributed by atoms with Gasteiger partial charge in [0.2, 0.25) is 5.91 Å². The van der Waals surface area contributed by atoms with E-state index in [1.54, 1.807) is 7.11 Å². The summed E-state index contributed by atoms with van der Waals surface area (Å²) < 4.78 is 5.25. The van der Waals surface area contributed by atoms with Crippen LogP contribution in [0.25, 0.3) is 10.9 Å². The number of carboxylic acids is 1. The van der Waals surface area contributed by atoms with Gasteiger partial charge in [0.1, 0.15) is 5.75 Å². The topological polar surface area (TPSA) is 91.4 Å². The molecule has 1 aliphatic carbocycles. The second kappa shape index (κ2) is 6.78. The van der Waals surface area contributed by atoms with E-state index in [1.807, 2.05) is 31.3 Å². The Morgan fingerprint density at radius 1 is 1.40 bits per heavy atom. The molecular weight excluding hydrogens is 320 g/mol. The van der Waals surface area contributed by atoms with Gasteiger partial charge in [-0.1, -0.05) is 12.8 Å². The van der Waals surface area contributed by atoms with Gasteiger partial charge in [-0.15, -0.1) is 0 Å². The van der Waals surface area contributed by atoms with Crippen LogP contribution in [-0.4, -0.2) is 34.6 Å². The van der Waals surface area contributed by atoms with Crippen LogP contribution in [0.5, 0.6) is 5.75 Å². The molecule has 0 aliphatic heterocycles. The smallest absolute Gasteiger partial charge is 0.308 e. The number of fused-ring (bicyclic) bond motifs is 1. The number of carbonyl (C=O) groups is 2. The van der Waals surface area contributed by atoms with Crippen molar-refractivity contribution in [1.82, 2.24) is 10.3 Å². The molecule has 1 aromatic heterocycles. The normalized spacial score (nSPS) is 23.4. The Kier molecular flexibility index (Phi) is 4.70. The number of aromatic nitrogens is 1. The summed E-state index contributed by atoms with van der Waals surface area (Å²) in [6, 6.07) is 5.68. The zero-order valence-corrected chi connectivity index (χ0v) is 14.6. The number of rotatable bonds is 5. The summed E-state index contributed by atoms with van der Waals surface area (Å²) in [5.41, 5.74) is 1.12. The van der Waals surface area contributed by atoms with Crippen molar-refractivity contribution in [3.05, 3.63) is 30.0 Å². The molecule has 134 valence electrons. The molecule has 1 aromatic carbocycles. The molecule has 25 heavy (non-hydrogen) atoms. The highest BCUT2D eigenvalue weighted by molar-refractivity contribution is 5.90. The molecule has 0 bridgehead atoms. The summed E-state index contributed by atoms with van der Waals surface area (Å²) >= 11 is 0. The van der Waals surface area contributed by atoms with Crippen LogP contribution in [0.2, 0.25) is 0 Å². The van der Waals surface area contributed by atoms with Crippen molar-refractivity contribution in [3.8, 4) is 5.75 Å². The van der Waals surface area contributed by atoms with Gasteiger partial charge >= 0.3 is 5.97 Å². The van der Waals surface area contributed by atoms with Crippen LogP contribution < -0.4 is 10.1 Å². The Bertz CT molecular complexity index is 798. The molecule has 2 aromatic rings. The van der Waals surface area contributed by atoms with Crippen molar-refractivity contribution in [3.63, 3.8) is 0 Å². The molecule has 1 fully saturated rings. The monoisotopic (exact) mass is 344 g/mol. The molecule has 3 N–H and O–H groups in total. The maximum atomic E-state index is 12.6. The summed E-state index contributed by atoms with van der Waals surface area (Å²) in [4.78, 5) is 27.3. The molecule has 2 atom stereocenters. The van der Waals surface area contributed by atoms with Gasteiger partial charge in [0.05, 0.1) is 25.0 Å². The minimum atomic E-state index is -0.834. The van der Waals surface area contributed by atoms with E-state index in [-0.39, 0.29) is 12.3 Å². The molecule has 1 aliphatic rings. The third-order valence-electron chi connectivity index (χ3n) is 5.26. The van der Waals surface area contributed by atoms with E-state index in [0.717, 1.165) is 35.1 Å². The Balaban J connectivity index is 1.77. The minimum Gasteiger partial charge on any atom is -0.497 e. The fraction of sp³-hybridized carbons (Fsp3) is 0.474. The predicted molar refractivity (Wildman–Crippen MR) is 94.7 cm³/mol. The van der Waals surface area contributed by atoms with Crippen LogP contribution in [0.3, 0.4) is 0 Å². The number of aromatic amines is 1. The van der Waals surface area contributed by atoms with Crippen LogP contribution in [0.15, 0.2) is 24.4 Å². The Labute approximate surface area is 146 Å². The van der Waals surface area contributed by atoms with Crippen LogP contribution in [0.1, 0.15) is 38.2 Å². The largest absolute Gasteiger partial charge is 0.497 e. The highest BCUT2D eigenvalue weighted by Crippen LogP contribution is 2.34. The number of hydrogen-bond donors (Lipinski definition) is 3. The lowest BCUT2D eigenvalue weighted by molar-refractivity contribution is -0.146. The molecule has 3 rings (SSSR count). The van der Waals surface area contributed by atoms with E-state index < -0.39 is 17.4 Å². The number of amides is 1. The van der Waals surface area contributed by atoms with Crippen LogP contribution in [0, 0.1) is 5.92 Å². The Hall–Kier alpha value is -2.50. The molecule has 2 unspecified atom stereocenters. The van der Waals surface area contributed by atoms with Gasteiger partial charge in [-0.25, -0.2) is 0 Å². The third-order valence-corrected chi connectivity index (χ3v) is 5.26. The number of nitrogens with one attached hydrogen (secondary N) is 2. The first kappa shape index (κ1) is 17.3. The van der Waals surface area contributed by atoms with Crippen molar-refractivity contribution >= 4 is 22.8 Å². The molecule has 6 nitrogen and oxygen atoms in total. The zero-order valence-electron chi connectivity index (χ0n) is 14.6. The summed E-state index contributed by atoms with van der Waals surface area (Å²) in [6.45, 7) is 1.85. The third kappa shape index (κ3) is 3.48. The average Bonchev–Trinajstić information content (AvgIpc) is 2.96. The van der Waals surface area contributed by atoms with Gasteiger partial charge in [0.15, 0.2) is 0 Å². The Morgan fingerprint density at radius 2 is 2.20 bits per heavy atom. The van der Waals surface area contributed by atoms with Gasteiger partial charge in [-0.05, 0) is 43.5 Å². The minimum absolute atomic E-state index is 0.153. The predicted octanol–water partition coefficient (Wildman–Crippen LogP) is 2.87. The van der Waals surface area contributed by atoms with Crippen molar-refractivity contribution in [2.45, 2.75) is 44.6 Å². The number of ether oxygens (including phenoxy) is 1. The molecule has 1 amide bonds. The zero-order chi connectivity index (χ0) is 18.0. The van der Waals surface area contributed by atoms with E-state index >= 15 is 0 Å². The maximum absolute atomic E-state index is 12.6. The maximum Gasteiger partial charge on any atom is 0.308 e. The number of aliphatic carboxylic acids is 1. The molecular formula is C19H24N2O4. The first-order chi connectivity index (χ1) is 11.9. The lowest BCUT2D eigenvalue weighted by Gasteiger charge is -2.39. The van der Waals surface area contributed by atoms with Crippen molar-refractivity contribution < 1.29 is 19.4 Å². The molecule has 0 saturated heterocycles. The average molecular weight is 344 g/mol. The SMILES string of the molecule is COc1ccc2[nH]cc(CC(=O)NC3(C)CCCCC3C(=O)O)c2c1. The molecule has 1 saturated carbocycles. The van der Waals surface area contributed by atoms with Gasteiger partial charge in [-0.2, -0.15) is 0 Å². The number of H-pyrrole nitrogens is 1. The van der Waals surface area contributed by atoms with Crippen molar-refractivity contribution in [1.29, 1.82) is 0 Å². The number of carbonyl (C=O) groups excluding carboxylic acids is 1. The van der Waals surface area contributed by atoms with Crippen LogP contribution in [-0.2, 0) is 16.0 Å². The lowest BCUT2D eigenvalue weighted by Crippen LogP contribution is -2.55. The van der Waals surface area contributed by atoms with Gasteiger partial charge < -0.3 is 20.1 Å². The summed E-state index contributed by atoms with van der Waals surface area (Å²) in [6.07, 6.45) is 5.15. The van der Waals surface area contributed by atoms with Crippen molar-refractivity contribution in [2.24, 2.45) is 5.92 Å². The fourth-order valence-electron chi connectivity index (χ4n) is 3.85. The Morgan fingerprint density at radius 3 is 2.92 bits per heavy atom. The van der Waals surface area contributed by atoms with Gasteiger partial charge in [0.25, 0.3) is 0 Å². The highest BCUT2D eigenvalue weighted by Gasteiger charge is 2.42. The van der Waals surface area contributed by atoms with E-state index in [0.29, 0.717) is 12.8 Å². The van der Waals surface area contributed by atoms with Crippen molar-refractivity contribution in [2.75, 3.05) is 7.11 Å². The molecule has 0 radical (unpaired) electrons. The first-order valence-corrected chi connectivity index (χ1v) is 8.61. The fourth-order valence-corrected chi connectivity index (χ4v) is 3.85. The van der Waals surface area contributed by atoms with E-state index in [1.165, 1.54) is 0 Å². The molecule has 6 heteroatoms. The number of benzene rings is 1. The second-order valence-corrected chi connectivity index (χ2v) is 7.00. The summed E-state index contributed by atoms with van der Waals surface area (Å²) in [7, 11) is 1.61. The quantitative estimate of drug-likeness (QED) is 0.778. The molecule has 1 heterocycles. The van der Waals surface area contributed by atoms with E-state index in [2.05, 4.69) is 10.3 Å². The van der Waals surface area contributed by atoms with E-state index in [4.69, 9.17) is 4.74 Å². The van der Waals surface area contributed by atoms with Gasteiger partial charge in [-0.3, -0.25) is 9.59 Å². The lowest BCUT2D eigenvalue weighted by atomic mass is 9.74. The first-order valence-electron chi connectivity index (χ1n) is 8.61. The van der Waals surface area contributed by atoms with E-state index in [9.17, 15) is 14.7 Å². The summed E-state index contributed by atoms with van der Waals surface area (Å²) in [5, 5.41) is 13.4. The number of hydrogen-bond acceptors (Lipinski definition) is 3. The molecule has 0 spiro atoms. The van der Waals surface area contributed by atoms with Crippen LogP contribution in [0.4, 0.5) is 0 Å². The number of methoxy groups -OCH3 is 1.